The van der Waals surface area contributed by atoms with Gasteiger partial charge in [-0.15, -0.1) is 0 Å². The maximum Gasteiger partial charge on any atom is 0.0245 e. The number of hydrogen-bond donors (Lipinski definition) is 5. The Labute approximate surface area is 316 Å². The first kappa shape index (κ1) is 48.6. The molecular weight excluding hydrogens is 659 g/mol. The normalized spacial score (nSPS) is 23.8. The highest BCUT2D eigenvalue weighted by Gasteiger charge is 2.19. The molecule has 5 fully saturated rings. The van der Waals surface area contributed by atoms with Crippen LogP contribution in [0.2, 0.25) is 0 Å². The molecule has 0 aromatic rings. The minimum atomic E-state index is -1.97. The van der Waals surface area contributed by atoms with Crippen LogP contribution in [-0.4, -0.2) is 195 Å². The van der Waals surface area contributed by atoms with E-state index in [0.29, 0.717) is 24.2 Å². The van der Waals surface area contributed by atoms with Crippen molar-refractivity contribution in [2.45, 2.75) is 109 Å². The molecular formula is C38H87N11OS. The van der Waals surface area contributed by atoms with Gasteiger partial charge in [0.1, 0.15) is 0 Å². The fourth-order valence-corrected chi connectivity index (χ4v) is 7.59. The lowest BCUT2D eigenvalue weighted by atomic mass is 10.1. The van der Waals surface area contributed by atoms with Crippen LogP contribution in [0.4, 0.5) is 0 Å². The summed E-state index contributed by atoms with van der Waals surface area (Å²) < 4.78 is 13.3. The third kappa shape index (κ3) is 26.1. The van der Waals surface area contributed by atoms with E-state index < -0.39 is 9.71 Å². The van der Waals surface area contributed by atoms with Gasteiger partial charge in [-0.05, 0) is 157 Å². The zero-order chi connectivity index (χ0) is 38.1. The lowest BCUT2D eigenvalue weighted by Gasteiger charge is -2.31. The number of rotatable bonds is 9. The summed E-state index contributed by atoms with van der Waals surface area (Å²) in [6.07, 6.45) is 14.8. The van der Waals surface area contributed by atoms with E-state index >= 15 is 0 Å². The Bertz CT molecular complexity index is 866. The molecule has 12 nitrogen and oxygen atoms in total. The largest absolute Gasteiger partial charge is 0.328 e. The topological polar surface area (TPSA) is 153 Å². The molecule has 1 atom stereocenters. The molecule has 306 valence electrons. The van der Waals surface area contributed by atoms with Gasteiger partial charge in [0.2, 0.25) is 0 Å². The maximum absolute atomic E-state index is 11.4. The van der Waals surface area contributed by atoms with Crippen molar-refractivity contribution in [2.75, 3.05) is 132 Å². The van der Waals surface area contributed by atoms with Crippen molar-refractivity contribution in [1.82, 2.24) is 34.1 Å². The number of nitrogens with zero attached hydrogens (tertiary/aromatic N) is 6. The summed E-state index contributed by atoms with van der Waals surface area (Å²) in [5.74, 6) is 3.63. The number of nitrogens with two attached hydrogens (primary N) is 4. The van der Waals surface area contributed by atoms with Crippen LogP contribution in [0.1, 0.15) is 84.5 Å². The molecule has 5 rings (SSSR count). The zero-order valence-corrected chi connectivity index (χ0v) is 35.2. The highest BCUT2D eigenvalue weighted by molar-refractivity contribution is 7.97. The van der Waals surface area contributed by atoms with Gasteiger partial charge in [-0.25, -0.2) is 4.31 Å². The third-order valence-electron chi connectivity index (χ3n) is 10.8. The summed E-state index contributed by atoms with van der Waals surface area (Å²) in [6, 6.07) is 1.69. The molecule has 5 aliphatic heterocycles. The first-order valence-corrected chi connectivity index (χ1v) is 22.6. The Morgan fingerprint density at radius 3 is 1.31 bits per heavy atom. The summed E-state index contributed by atoms with van der Waals surface area (Å²) in [6.45, 7) is 22.9. The van der Waals surface area contributed by atoms with Crippen molar-refractivity contribution in [3.8, 4) is 0 Å². The standard InChI is InChI=1S/C11H25N3.C9H21N3.C7H16N2OS.C6H14N2.C5H11N/c1-3-13(4-2)9-10-14-7-5-11(12)6-8-14;1-11(2)7-8-12-5-3-9(10)4-6-12;1-11(2,10)9-5-3-7(8)4-6-9;1-8-4-2-6(7)3-5-8;1-2-4-6-5-3-1/h11H,3-10,12H2,1-2H3;9H,3-8,10H2,1-2H3;7H,1,3-6,8H2,2H3;6H,2-5,7H2,1H3;6H,1-5H2. The molecule has 0 aromatic heterocycles. The Morgan fingerprint density at radius 2 is 1.02 bits per heavy atom. The van der Waals surface area contributed by atoms with Crippen molar-refractivity contribution in [3.63, 3.8) is 0 Å². The van der Waals surface area contributed by atoms with Gasteiger partial charge < -0.3 is 52.8 Å². The Morgan fingerprint density at radius 1 is 0.647 bits per heavy atom. The van der Waals surface area contributed by atoms with E-state index in [9.17, 15) is 4.21 Å². The quantitative estimate of drug-likeness (QED) is 0.217. The molecule has 5 saturated heterocycles. The van der Waals surface area contributed by atoms with Crippen molar-refractivity contribution < 1.29 is 4.21 Å². The Kier molecular flexibility index (Phi) is 27.6. The van der Waals surface area contributed by atoms with Crippen LogP contribution in [0.3, 0.4) is 0 Å². The van der Waals surface area contributed by atoms with Crippen LogP contribution in [0.25, 0.3) is 0 Å². The van der Waals surface area contributed by atoms with E-state index in [1.165, 1.54) is 143 Å². The second kappa shape index (κ2) is 28.9. The van der Waals surface area contributed by atoms with E-state index in [-0.39, 0.29) is 0 Å². The second-order valence-corrected chi connectivity index (χ2v) is 18.3. The van der Waals surface area contributed by atoms with Gasteiger partial charge in [-0.1, -0.05) is 20.3 Å². The fourth-order valence-electron chi connectivity index (χ4n) is 6.61. The summed E-state index contributed by atoms with van der Waals surface area (Å²) >= 11 is 0. The van der Waals surface area contributed by atoms with Crippen LogP contribution in [-0.2, 0) is 9.71 Å². The average Bonchev–Trinajstić information content (AvgIpc) is 3.12. The predicted molar refractivity (Wildman–Crippen MR) is 225 cm³/mol. The van der Waals surface area contributed by atoms with Crippen molar-refractivity contribution in [3.05, 3.63) is 0 Å². The highest BCUT2D eigenvalue weighted by Crippen LogP contribution is 2.11. The number of likely N-dealkylation sites (N-methyl/N-ethyl adjacent to an activating group) is 2. The minimum Gasteiger partial charge on any atom is -0.328 e. The number of piperidine rings is 5. The van der Waals surface area contributed by atoms with Gasteiger partial charge >= 0.3 is 0 Å². The van der Waals surface area contributed by atoms with E-state index in [0.717, 1.165) is 32.5 Å². The Balaban J connectivity index is 0.000000327. The molecule has 13 heteroatoms. The molecule has 0 bridgehead atoms. The summed E-state index contributed by atoms with van der Waals surface area (Å²) in [5.41, 5.74) is 23.1. The van der Waals surface area contributed by atoms with Crippen LogP contribution in [0, 0.1) is 0 Å². The fraction of sp³-hybridized carbons (Fsp3) is 0.974. The molecule has 0 aliphatic carbocycles. The summed E-state index contributed by atoms with van der Waals surface area (Å²) in [7, 11) is 4.41. The molecule has 1 unspecified atom stereocenters. The lowest BCUT2D eigenvalue weighted by molar-refractivity contribution is 0.179. The van der Waals surface area contributed by atoms with Gasteiger partial charge in [-0.2, -0.15) is 0 Å². The molecule has 0 spiro atoms. The van der Waals surface area contributed by atoms with Crippen molar-refractivity contribution in [1.29, 1.82) is 0 Å². The van der Waals surface area contributed by atoms with Gasteiger partial charge in [0.25, 0.3) is 0 Å². The molecule has 5 heterocycles. The first-order chi connectivity index (χ1) is 24.2. The third-order valence-corrected chi connectivity index (χ3v) is 12.2. The van der Waals surface area contributed by atoms with E-state index in [1.54, 1.807) is 6.26 Å². The highest BCUT2D eigenvalue weighted by atomic mass is 32.2. The summed E-state index contributed by atoms with van der Waals surface area (Å²) in [5, 5.41) is 3.28. The van der Waals surface area contributed by atoms with Crippen LogP contribution >= 0.6 is 0 Å². The molecule has 0 amide bonds. The van der Waals surface area contributed by atoms with Crippen LogP contribution in [0.5, 0.6) is 0 Å². The van der Waals surface area contributed by atoms with E-state index in [2.05, 4.69) is 70.7 Å². The van der Waals surface area contributed by atoms with Gasteiger partial charge in [-0.3, -0.25) is 4.21 Å². The molecule has 9 N–H and O–H groups in total. The molecule has 0 aromatic carbocycles. The van der Waals surface area contributed by atoms with Crippen molar-refractivity contribution >= 4 is 15.6 Å². The second-order valence-electron chi connectivity index (χ2n) is 15.9. The van der Waals surface area contributed by atoms with Gasteiger partial charge in [0.15, 0.2) is 0 Å². The number of nitrogens with one attached hydrogen (secondary N) is 1. The maximum atomic E-state index is 11.4. The molecule has 0 saturated carbocycles. The first-order valence-electron chi connectivity index (χ1n) is 20.5. The summed E-state index contributed by atoms with van der Waals surface area (Å²) in [4.78, 5) is 12.1. The smallest absolute Gasteiger partial charge is 0.0245 e. The zero-order valence-electron chi connectivity index (χ0n) is 34.4. The lowest BCUT2D eigenvalue weighted by Crippen LogP contribution is -2.43. The van der Waals surface area contributed by atoms with Gasteiger partial charge in [0, 0.05) is 79.4 Å². The monoisotopic (exact) mass is 746 g/mol. The molecule has 51 heavy (non-hydrogen) atoms. The van der Waals surface area contributed by atoms with E-state index in [4.69, 9.17) is 22.9 Å². The number of hydrogen-bond acceptors (Lipinski definition) is 11. The SMILES string of the molecule is C1CCNCC1.C=S(C)(=O)N1CCC(N)CC1.CCN(CC)CCN1CCC(N)CC1.CN(C)CCN1CCC(N)CC1.CN1CCC(N)CC1. The minimum absolute atomic E-state index is 0.299. The van der Waals surface area contributed by atoms with E-state index in [1.807, 2.05) is 4.31 Å². The van der Waals surface area contributed by atoms with Crippen LogP contribution in [0.15, 0.2) is 0 Å². The van der Waals surface area contributed by atoms with Crippen molar-refractivity contribution in [2.24, 2.45) is 22.9 Å². The average molecular weight is 746 g/mol. The number of likely N-dealkylation sites (tertiary alicyclic amines) is 3. The predicted octanol–water partition coefficient (Wildman–Crippen LogP) is 1.19. The molecule has 5 aliphatic rings. The molecule has 0 radical (unpaired) electrons. The van der Waals surface area contributed by atoms with Gasteiger partial charge in [0.05, 0.1) is 0 Å². The van der Waals surface area contributed by atoms with Crippen LogP contribution < -0.4 is 28.3 Å². The Hall–Kier alpha value is -0.420.